The van der Waals surface area contributed by atoms with E-state index < -0.39 is 0 Å². The van der Waals surface area contributed by atoms with Crippen molar-refractivity contribution in [3.8, 4) is 0 Å². The smallest absolute Gasteiger partial charge is 0.265 e. The average Bonchev–Trinajstić information content (AvgIpc) is 2.49. The largest absolute Gasteiger partial charge is 0.396 e. The molecule has 76 valence electrons. The highest BCUT2D eigenvalue weighted by molar-refractivity contribution is 7.13. The van der Waals surface area contributed by atoms with Gasteiger partial charge in [-0.25, -0.2) is 4.98 Å². The first-order valence-corrected chi connectivity index (χ1v) is 5.35. The molecule has 2 heterocycles. The van der Waals surface area contributed by atoms with E-state index in [1.54, 1.807) is 11.1 Å². The molecule has 5 heteroatoms. The third-order valence-corrected chi connectivity index (χ3v) is 3.24. The van der Waals surface area contributed by atoms with Gasteiger partial charge in [-0.2, -0.15) is 0 Å². The molecule has 1 aliphatic rings. The molecule has 1 aromatic heterocycles. The Labute approximate surface area is 86.2 Å². The summed E-state index contributed by atoms with van der Waals surface area (Å²) in [5, 5.41) is 9.72. The van der Waals surface area contributed by atoms with Crippen LogP contribution in [0.4, 0.5) is 0 Å². The summed E-state index contributed by atoms with van der Waals surface area (Å²) in [6.45, 7) is 3.40. The number of carbonyl (C=O) groups excluding carboxylic acids is 1. The summed E-state index contributed by atoms with van der Waals surface area (Å²) in [4.78, 5) is 18.2. The fourth-order valence-electron chi connectivity index (χ4n) is 1.47. The molecule has 0 aromatic carbocycles. The molecule has 1 aliphatic heterocycles. The van der Waals surface area contributed by atoms with Gasteiger partial charge in [0.25, 0.3) is 5.91 Å². The molecule has 14 heavy (non-hydrogen) atoms. The Morgan fingerprint density at radius 2 is 2.50 bits per heavy atom. The molecular formula is C9H12N2O2S. The molecule has 0 radical (unpaired) electrons. The van der Waals surface area contributed by atoms with Gasteiger partial charge in [-0.3, -0.25) is 4.79 Å². The predicted molar refractivity (Wildman–Crippen MR) is 53.3 cm³/mol. The molecule has 1 amide bonds. The van der Waals surface area contributed by atoms with E-state index in [4.69, 9.17) is 5.11 Å². The lowest BCUT2D eigenvalue weighted by atomic mass is 10.0. The van der Waals surface area contributed by atoms with Crippen molar-refractivity contribution in [3.63, 3.8) is 0 Å². The number of aliphatic hydroxyl groups excluding tert-OH is 1. The summed E-state index contributed by atoms with van der Waals surface area (Å²) in [5.41, 5.74) is 0. The van der Waals surface area contributed by atoms with Gasteiger partial charge in [0, 0.05) is 25.6 Å². The van der Waals surface area contributed by atoms with E-state index in [2.05, 4.69) is 4.98 Å². The van der Waals surface area contributed by atoms with Gasteiger partial charge in [0.15, 0.2) is 0 Å². The van der Waals surface area contributed by atoms with Gasteiger partial charge < -0.3 is 10.0 Å². The van der Waals surface area contributed by atoms with Crippen LogP contribution in [0, 0.1) is 12.8 Å². The van der Waals surface area contributed by atoms with E-state index in [0.717, 1.165) is 5.01 Å². The number of aryl methyl sites for hydroxylation is 1. The Hall–Kier alpha value is -0.940. The molecule has 1 fully saturated rings. The maximum absolute atomic E-state index is 11.7. The molecule has 4 nitrogen and oxygen atoms in total. The molecule has 0 unspecified atom stereocenters. The highest BCUT2D eigenvalue weighted by Gasteiger charge is 2.31. The number of thiazole rings is 1. The van der Waals surface area contributed by atoms with Crippen molar-refractivity contribution < 1.29 is 9.90 Å². The third-order valence-electron chi connectivity index (χ3n) is 2.33. The highest BCUT2D eigenvalue weighted by Crippen LogP contribution is 2.20. The van der Waals surface area contributed by atoms with Crippen molar-refractivity contribution in [2.24, 2.45) is 5.92 Å². The second-order valence-electron chi connectivity index (χ2n) is 3.50. The van der Waals surface area contributed by atoms with Crippen LogP contribution < -0.4 is 0 Å². The fourth-order valence-corrected chi connectivity index (χ4v) is 2.21. The van der Waals surface area contributed by atoms with Gasteiger partial charge >= 0.3 is 0 Å². The third kappa shape index (κ3) is 1.65. The molecule has 0 atom stereocenters. The molecule has 1 N–H and O–H groups in total. The van der Waals surface area contributed by atoms with Crippen LogP contribution in [0.5, 0.6) is 0 Å². The second-order valence-corrected chi connectivity index (χ2v) is 4.74. The van der Waals surface area contributed by atoms with Crippen LogP contribution in [0.15, 0.2) is 6.20 Å². The number of carbonyl (C=O) groups is 1. The average molecular weight is 212 g/mol. The summed E-state index contributed by atoms with van der Waals surface area (Å²) in [6, 6.07) is 0. The van der Waals surface area contributed by atoms with Crippen molar-refractivity contribution in [2.75, 3.05) is 19.7 Å². The van der Waals surface area contributed by atoms with Crippen LogP contribution in [-0.4, -0.2) is 40.6 Å². The Kier molecular flexibility index (Phi) is 2.52. The normalized spacial score (nSPS) is 16.9. The quantitative estimate of drug-likeness (QED) is 0.777. The van der Waals surface area contributed by atoms with Crippen molar-refractivity contribution >= 4 is 17.2 Å². The van der Waals surface area contributed by atoms with Crippen LogP contribution in [0.25, 0.3) is 0 Å². The Morgan fingerprint density at radius 1 is 1.79 bits per heavy atom. The van der Waals surface area contributed by atoms with Crippen molar-refractivity contribution in [3.05, 3.63) is 16.1 Å². The van der Waals surface area contributed by atoms with Crippen LogP contribution in [0.1, 0.15) is 14.7 Å². The lowest BCUT2D eigenvalue weighted by Gasteiger charge is -2.37. The number of likely N-dealkylation sites (tertiary alicyclic amines) is 1. The molecule has 1 saturated heterocycles. The van der Waals surface area contributed by atoms with Crippen molar-refractivity contribution in [2.45, 2.75) is 6.92 Å². The molecule has 1 aromatic rings. The van der Waals surface area contributed by atoms with Crippen molar-refractivity contribution in [1.82, 2.24) is 9.88 Å². The summed E-state index contributed by atoms with van der Waals surface area (Å²) in [5.74, 6) is 0.313. The van der Waals surface area contributed by atoms with Gasteiger partial charge in [0.1, 0.15) is 4.88 Å². The number of amides is 1. The van der Waals surface area contributed by atoms with Crippen LogP contribution in [-0.2, 0) is 0 Å². The Balaban J connectivity index is 1.97. The summed E-state index contributed by atoms with van der Waals surface area (Å²) >= 11 is 1.42. The SMILES string of the molecule is Cc1ncc(C(=O)N2CC(CO)C2)s1. The molecule has 0 saturated carbocycles. The minimum Gasteiger partial charge on any atom is -0.396 e. The molecule has 2 rings (SSSR count). The minimum atomic E-state index is 0.0419. The van der Waals surface area contributed by atoms with Crippen LogP contribution >= 0.6 is 11.3 Å². The first-order valence-electron chi connectivity index (χ1n) is 4.53. The molecule has 0 aliphatic carbocycles. The zero-order chi connectivity index (χ0) is 10.1. The van der Waals surface area contributed by atoms with Crippen LogP contribution in [0.3, 0.4) is 0 Å². The lowest BCUT2D eigenvalue weighted by Crippen LogP contribution is -2.51. The van der Waals surface area contributed by atoms with Gasteiger partial charge in [-0.05, 0) is 6.92 Å². The zero-order valence-corrected chi connectivity index (χ0v) is 8.75. The van der Waals surface area contributed by atoms with Gasteiger partial charge in [0.05, 0.1) is 11.2 Å². The Bertz CT molecular complexity index is 344. The summed E-state index contributed by atoms with van der Waals surface area (Å²) in [7, 11) is 0. The highest BCUT2D eigenvalue weighted by atomic mass is 32.1. The van der Waals surface area contributed by atoms with E-state index in [1.165, 1.54) is 11.3 Å². The molecule has 0 spiro atoms. The van der Waals surface area contributed by atoms with E-state index in [0.29, 0.717) is 18.0 Å². The number of aliphatic hydroxyl groups is 1. The topological polar surface area (TPSA) is 53.4 Å². The van der Waals surface area contributed by atoms with E-state index >= 15 is 0 Å². The Morgan fingerprint density at radius 3 is 3.00 bits per heavy atom. The minimum absolute atomic E-state index is 0.0419. The zero-order valence-electron chi connectivity index (χ0n) is 7.93. The molecule has 0 bridgehead atoms. The fraction of sp³-hybridized carbons (Fsp3) is 0.556. The van der Waals surface area contributed by atoms with E-state index in [9.17, 15) is 4.79 Å². The summed E-state index contributed by atoms with van der Waals surface area (Å²) in [6.07, 6.45) is 1.62. The number of aromatic nitrogens is 1. The number of rotatable bonds is 2. The molecular weight excluding hydrogens is 200 g/mol. The first kappa shape index (κ1) is 9.61. The number of hydrogen-bond donors (Lipinski definition) is 1. The standard InChI is InChI=1S/C9H12N2O2S/c1-6-10-2-8(14-6)9(13)11-3-7(4-11)5-12/h2,7,12H,3-5H2,1H3. The first-order chi connectivity index (χ1) is 6.70. The van der Waals surface area contributed by atoms with Gasteiger partial charge in [0.2, 0.25) is 0 Å². The van der Waals surface area contributed by atoms with E-state index in [-0.39, 0.29) is 18.4 Å². The van der Waals surface area contributed by atoms with Gasteiger partial charge in [-0.1, -0.05) is 0 Å². The van der Waals surface area contributed by atoms with Gasteiger partial charge in [-0.15, -0.1) is 11.3 Å². The maximum atomic E-state index is 11.7. The number of nitrogens with zero attached hydrogens (tertiary/aromatic N) is 2. The lowest BCUT2D eigenvalue weighted by molar-refractivity contribution is 0.0366. The predicted octanol–water partition coefficient (Wildman–Crippen LogP) is 0.516. The number of hydrogen-bond acceptors (Lipinski definition) is 4. The second kappa shape index (κ2) is 3.67. The van der Waals surface area contributed by atoms with Crippen LogP contribution in [0.2, 0.25) is 0 Å². The monoisotopic (exact) mass is 212 g/mol. The van der Waals surface area contributed by atoms with E-state index in [1.807, 2.05) is 6.92 Å². The summed E-state index contributed by atoms with van der Waals surface area (Å²) < 4.78 is 0. The maximum Gasteiger partial charge on any atom is 0.265 e. The van der Waals surface area contributed by atoms with Crippen molar-refractivity contribution in [1.29, 1.82) is 0 Å².